The predicted molar refractivity (Wildman–Crippen MR) is 79.0 cm³/mol. The molecule has 0 radical (unpaired) electrons. The molecule has 1 aliphatic rings. The van der Waals surface area contributed by atoms with Crippen LogP contribution in [0.25, 0.3) is 0 Å². The lowest BCUT2D eigenvalue weighted by Crippen LogP contribution is -2.18. The third-order valence-corrected chi connectivity index (χ3v) is 4.39. The van der Waals surface area contributed by atoms with Crippen LogP contribution < -0.4 is 11.4 Å². The summed E-state index contributed by atoms with van der Waals surface area (Å²) in [7, 11) is 0. The van der Waals surface area contributed by atoms with Gasteiger partial charge in [0.15, 0.2) is 5.16 Å². The molecule has 1 unspecified atom stereocenters. The van der Waals surface area contributed by atoms with E-state index in [1.165, 1.54) is 17.3 Å². The van der Waals surface area contributed by atoms with Gasteiger partial charge in [-0.2, -0.15) is 0 Å². The van der Waals surface area contributed by atoms with Gasteiger partial charge in [-0.3, -0.25) is 4.57 Å². The minimum Gasteiger partial charge on any atom is -0.328 e. The first-order valence-electron chi connectivity index (χ1n) is 6.83. The molecule has 1 atom stereocenters. The maximum Gasteiger partial charge on any atom is 0.344 e. The molecule has 0 saturated heterocycles. The van der Waals surface area contributed by atoms with Crippen molar-refractivity contribution in [2.45, 2.75) is 48.3 Å². The van der Waals surface area contributed by atoms with E-state index in [1.54, 1.807) is 4.57 Å². The van der Waals surface area contributed by atoms with Crippen molar-refractivity contribution in [2.24, 2.45) is 5.73 Å². The molecular formula is C14H18N4OS. The van der Waals surface area contributed by atoms with Crippen molar-refractivity contribution in [2.75, 3.05) is 0 Å². The van der Waals surface area contributed by atoms with E-state index in [1.807, 2.05) is 19.1 Å². The van der Waals surface area contributed by atoms with Crippen molar-refractivity contribution >= 4 is 11.8 Å². The first-order chi connectivity index (χ1) is 9.65. The number of nitrogens with two attached hydrogens (primary N) is 1. The van der Waals surface area contributed by atoms with Gasteiger partial charge in [0.1, 0.15) is 0 Å². The highest BCUT2D eigenvalue weighted by atomic mass is 32.2. The van der Waals surface area contributed by atoms with Crippen LogP contribution in [0, 0.1) is 0 Å². The van der Waals surface area contributed by atoms with E-state index in [2.05, 4.69) is 22.3 Å². The number of H-pyrrole nitrogens is 1. The lowest BCUT2D eigenvalue weighted by molar-refractivity contribution is 0.642. The molecule has 1 saturated carbocycles. The molecule has 1 aromatic heterocycles. The van der Waals surface area contributed by atoms with E-state index in [-0.39, 0.29) is 11.7 Å². The van der Waals surface area contributed by atoms with Crippen LogP contribution in [-0.2, 0) is 6.42 Å². The Morgan fingerprint density at radius 2 is 2.25 bits per heavy atom. The summed E-state index contributed by atoms with van der Waals surface area (Å²) < 4.78 is 1.77. The summed E-state index contributed by atoms with van der Waals surface area (Å²) in [5.74, 6) is 0. The molecule has 2 aromatic rings. The normalized spacial score (nSPS) is 16.3. The highest BCUT2D eigenvalue weighted by Crippen LogP contribution is 2.38. The predicted octanol–water partition coefficient (Wildman–Crippen LogP) is 1.95. The van der Waals surface area contributed by atoms with Crippen molar-refractivity contribution in [3.8, 4) is 0 Å². The molecule has 0 bridgehead atoms. The second-order valence-electron chi connectivity index (χ2n) is 5.30. The van der Waals surface area contributed by atoms with Crippen LogP contribution in [-0.4, -0.2) is 20.8 Å². The molecule has 0 aliphatic heterocycles. The summed E-state index contributed by atoms with van der Waals surface area (Å²) in [6, 6.07) is 8.59. The molecule has 1 fully saturated rings. The van der Waals surface area contributed by atoms with Gasteiger partial charge in [0.25, 0.3) is 0 Å². The molecule has 0 spiro atoms. The second kappa shape index (κ2) is 5.46. The van der Waals surface area contributed by atoms with E-state index < -0.39 is 0 Å². The average molecular weight is 290 g/mol. The summed E-state index contributed by atoms with van der Waals surface area (Å²) in [6.45, 7) is 2.00. The zero-order chi connectivity index (χ0) is 14.1. The monoisotopic (exact) mass is 290 g/mol. The van der Waals surface area contributed by atoms with Gasteiger partial charge in [-0.25, -0.2) is 9.89 Å². The zero-order valence-electron chi connectivity index (χ0n) is 11.4. The van der Waals surface area contributed by atoms with Crippen molar-refractivity contribution in [3.05, 3.63) is 40.3 Å². The van der Waals surface area contributed by atoms with E-state index in [0.29, 0.717) is 6.04 Å². The number of aromatic amines is 1. The number of hydrogen-bond acceptors (Lipinski definition) is 4. The molecule has 5 nitrogen and oxygen atoms in total. The van der Waals surface area contributed by atoms with E-state index >= 15 is 0 Å². The molecule has 20 heavy (non-hydrogen) atoms. The van der Waals surface area contributed by atoms with Gasteiger partial charge in [0.2, 0.25) is 0 Å². The SMILES string of the molecule is CC(N)Cc1ccccc1Sc1n[nH]c(=O)n1C1CC1. The number of benzene rings is 1. The molecule has 3 rings (SSSR count). The number of hydrogen-bond donors (Lipinski definition) is 2. The standard InChI is InChI=1S/C14H18N4OS/c1-9(15)8-10-4-2-3-5-12(10)20-14-17-16-13(19)18(14)11-6-7-11/h2-5,9,11H,6-8,15H2,1H3,(H,16,19). The summed E-state index contributed by atoms with van der Waals surface area (Å²) >= 11 is 1.54. The van der Waals surface area contributed by atoms with Crippen molar-refractivity contribution in [1.29, 1.82) is 0 Å². The van der Waals surface area contributed by atoms with Gasteiger partial charge in [-0.1, -0.05) is 18.2 Å². The maximum absolute atomic E-state index is 11.8. The molecule has 1 heterocycles. The Balaban J connectivity index is 1.90. The van der Waals surface area contributed by atoms with Crippen molar-refractivity contribution < 1.29 is 0 Å². The highest BCUT2D eigenvalue weighted by molar-refractivity contribution is 7.99. The van der Waals surface area contributed by atoms with E-state index in [0.717, 1.165) is 29.3 Å². The lowest BCUT2D eigenvalue weighted by Gasteiger charge is -2.11. The Morgan fingerprint density at radius 3 is 2.95 bits per heavy atom. The Labute approximate surface area is 121 Å². The third-order valence-electron chi connectivity index (χ3n) is 3.30. The largest absolute Gasteiger partial charge is 0.344 e. The van der Waals surface area contributed by atoms with Gasteiger partial charge in [0.05, 0.1) is 0 Å². The smallest absolute Gasteiger partial charge is 0.328 e. The number of aromatic nitrogens is 3. The van der Waals surface area contributed by atoms with Crippen LogP contribution >= 0.6 is 11.8 Å². The topological polar surface area (TPSA) is 76.7 Å². The van der Waals surface area contributed by atoms with Crippen LogP contribution in [0.1, 0.15) is 31.4 Å². The van der Waals surface area contributed by atoms with Crippen LogP contribution in [0.2, 0.25) is 0 Å². The van der Waals surface area contributed by atoms with E-state index in [4.69, 9.17) is 5.73 Å². The quantitative estimate of drug-likeness (QED) is 0.882. The van der Waals surface area contributed by atoms with Gasteiger partial charge >= 0.3 is 5.69 Å². The molecule has 0 amide bonds. The van der Waals surface area contributed by atoms with Crippen LogP contribution in [0.4, 0.5) is 0 Å². The zero-order valence-corrected chi connectivity index (χ0v) is 12.2. The second-order valence-corrected chi connectivity index (χ2v) is 6.31. The third kappa shape index (κ3) is 2.81. The Morgan fingerprint density at radius 1 is 1.50 bits per heavy atom. The molecule has 106 valence electrons. The van der Waals surface area contributed by atoms with Crippen LogP contribution in [0.15, 0.2) is 39.1 Å². The fourth-order valence-electron chi connectivity index (χ4n) is 2.23. The summed E-state index contributed by atoms with van der Waals surface area (Å²) in [6.07, 6.45) is 2.95. The number of rotatable bonds is 5. The van der Waals surface area contributed by atoms with Crippen LogP contribution in [0.3, 0.4) is 0 Å². The minimum atomic E-state index is -0.111. The number of nitrogens with zero attached hydrogens (tertiary/aromatic N) is 2. The summed E-state index contributed by atoms with van der Waals surface area (Å²) in [5, 5.41) is 7.45. The maximum atomic E-state index is 11.8. The van der Waals surface area contributed by atoms with E-state index in [9.17, 15) is 4.79 Å². The van der Waals surface area contributed by atoms with Gasteiger partial charge in [0, 0.05) is 17.0 Å². The molecule has 6 heteroatoms. The summed E-state index contributed by atoms with van der Waals surface area (Å²) in [4.78, 5) is 12.9. The fourth-order valence-corrected chi connectivity index (χ4v) is 3.28. The Kier molecular flexibility index (Phi) is 3.67. The van der Waals surface area contributed by atoms with Gasteiger partial charge < -0.3 is 5.73 Å². The lowest BCUT2D eigenvalue weighted by atomic mass is 10.1. The molecule has 1 aromatic carbocycles. The Hall–Kier alpha value is -1.53. The van der Waals surface area contributed by atoms with Crippen molar-refractivity contribution in [1.82, 2.24) is 14.8 Å². The number of nitrogens with one attached hydrogen (secondary N) is 1. The summed E-state index contributed by atoms with van der Waals surface area (Å²) in [5.41, 5.74) is 6.98. The average Bonchev–Trinajstić information content (AvgIpc) is 3.17. The van der Waals surface area contributed by atoms with Gasteiger partial charge in [-0.05, 0) is 49.6 Å². The molecule has 1 aliphatic carbocycles. The molecule has 3 N–H and O–H groups in total. The highest BCUT2D eigenvalue weighted by Gasteiger charge is 2.28. The fraction of sp³-hybridized carbons (Fsp3) is 0.429. The molecular weight excluding hydrogens is 272 g/mol. The Bertz CT molecular complexity index is 657. The van der Waals surface area contributed by atoms with Gasteiger partial charge in [-0.15, -0.1) is 5.10 Å². The van der Waals surface area contributed by atoms with Crippen LogP contribution in [0.5, 0.6) is 0 Å². The van der Waals surface area contributed by atoms with Crippen molar-refractivity contribution in [3.63, 3.8) is 0 Å². The first kappa shape index (κ1) is 13.5. The minimum absolute atomic E-state index is 0.111. The first-order valence-corrected chi connectivity index (χ1v) is 7.65.